The predicted octanol–water partition coefficient (Wildman–Crippen LogP) is 1.57. The van der Waals surface area contributed by atoms with Crippen LogP contribution >= 0.6 is 12.4 Å². The standard InChI is InChI=1S/C18H27N3O3.ClH/c1-4-24-17-6-5-15(14(2)22)11-16(17)12-20(3)13-18(23)21-9-7-19-8-10-21;/h5-6,11,19H,4,7-10,12-13H2,1-3H3;1H. The maximum Gasteiger partial charge on any atom is 0.236 e. The van der Waals surface area contributed by atoms with Crippen LogP contribution in [0.4, 0.5) is 0 Å². The van der Waals surface area contributed by atoms with Crippen LogP contribution in [0.3, 0.4) is 0 Å². The quantitative estimate of drug-likeness (QED) is 0.739. The van der Waals surface area contributed by atoms with Crippen molar-refractivity contribution in [3.8, 4) is 5.75 Å². The third kappa shape index (κ3) is 6.30. The second-order valence-corrected chi connectivity index (χ2v) is 6.11. The Balaban J connectivity index is 0.00000312. The van der Waals surface area contributed by atoms with Crippen molar-refractivity contribution in [2.45, 2.75) is 20.4 Å². The van der Waals surface area contributed by atoms with Gasteiger partial charge in [-0.15, -0.1) is 12.4 Å². The van der Waals surface area contributed by atoms with Crippen LogP contribution in [-0.4, -0.2) is 67.9 Å². The van der Waals surface area contributed by atoms with Crippen LogP contribution in [0.15, 0.2) is 18.2 Å². The minimum absolute atomic E-state index is 0. The van der Waals surface area contributed by atoms with E-state index in [-0.39, 0.29) is 24.1 Å². The Morgan fingerprint density at radius 1 is 1.28 bits per heavy atom. The van der Waals surface area contributed by atoms with Crippen molar-refractivity contribution in [2.24, 2.45) is 0 Å². The van der Waals surface area contributed by atoms with Crippen molar-refractivity contribution < 1.29 is 14.3 Å². The largest absolute Gasteiger partial charge is 0.494 e. The lowest BCUT2D eigenvalue weighted by molar-refractivity contribution is -0.132. The number of nitrogens with zero attached hydrogens (tertiary/aromatic N) is 2. The molecule has 0 radical (unpaired) electrons. The summed E-state index contributed by atoms with van der Waals surface area (Å²) in [4.78, 5) is 27.8. The Labute approximate surface area is 155 Å². The summed E-state index contributed by atoms with van der Waals surface area (Å²) in [7, 11) is 1.91. The lowest BCUT2D eigenvalue weighted by Gasteiger charge is -2.29. The molecule has 1 N–H and O–H groups in total. The molecule has 0 spiro atoms. The zero-order valence-corrected chi connectivity index (χ0v) is 16.0. The fraction of sp³-hybridized carbons (Fsp3) is 0.556. The van der Waals surface area contributed by atoms with Gasteiger partial charge in [-0.05, 0) is 39.1 Å². The Bertz CT molecular complexity index is 589. The number of benzene rings is 1. The molecule has 0 atom stereocenters. The van der Waals surface area contributed by atoms with Crippen LogP contribution in [-0.2, 0) is 11.3 Å². The molecular formula is C18H28ClN3O3. The molecule has 0 bridgehead atoms. The number of ether oxygens (including phenoxy) is 1. The van der Waals surface area contributed by atoms with Gasteiger partial charge in [-0.25, -0.2) is 0 Å². The van der Waals surface area contributed by atoms with E-state index in [0.717, 1.165) is 37.5 Å². The highest BCUT2D eigenvalue weighted by Gasteiger charge is 2.18. The number of carbonyl (C=O) groups excluding carboxylic acids is 2. The Morgan fingerprint density at radius 2 is 1.96 bits per heavy atom. The van der Waals surface area contributed by atoms with Crippen molar-refractivity contribution in [3.63, 3.8) is 0 Å². The van der Waals surface area contributed by atoms with Gasteiger partial charge >= 0.3 is 0 Å². The first kappa shape index (κ1) is 21.4. The highest BCUT2D eigenvalue weighted by Crippen LogP contribution is 2.22. The van der Waals surface area contributed by atoms with E-state index in [1.165, 1.54) is 0 Å². The van der Waals surface area contributed by atoms with Crippen molar-refractivity contribution >= 4 is 24.1 Å². The lowest BCUT2D eigenvalue weighted by atomic mass is 10.1. The van der Waals surface area contributed by atoms with E-state index in [2.05, 4.69) is 5.32 Å². The van der Waals surface area contributed by atoms with Crippen LogP contribution in [0.25, 0.3) is 0 Å². The first-order valence-corrected chi connectivity index (χ1v) is 8.45. The van der Waals surface area contributed by atoms with Gasteiger partial charge in [0.15, 0.2) is 5.78 Å². The van der Waals surface area contributed by atoms with Crippen LogP contribution < -0.4 is 10.1 Å². The van der Waals surface area contributed by atoms with Gasteiger partial charge in [0.1, 0.15) is 5.75 Å². The number of amides is 1. The molecule has 1 amide bonds. The summed E-state index contributed by atoms with van der Waals surface area (Å²) in [6, 6.07) is 5.48. The topological polar surface area (TPSA) is 61.9 Å². The molecule has 0 unspecified atom stereocenters. The maximum absolute atomic E-state index is 12.4. The van der Waals surface area contributed by atoms with Gasteiger partial charge in [0.05, 0.1) is 13.2 Å². The number of halogens is 1. The average Bonchev–Trinajstić information content (AvgIpc) is 2.57. The number of Topliss-reactive ketones (excluding diaryl/α,β-unsaturated/α-hetero) is 1. The SMILES string of the molecule is CCOc1ccc(C(C)=O)cc1CN(C)CC(=O)N1CCNCC1.Cl. The first-order chi connectivity index (χ1) is 11.5. The van der Waals surface area contributed by atoms with Crippen molar-refractivity contribution in [1.29, 1.82) is 0 Å². The smallest absolute Gasteiger partial charge is 0.236 e. The first-order valence-electron chi connectivity index (χ1n) is 8.45. The van der Waals surface area contributed by atoms with E-state index in [0.29, 0.717) is 25.3 Å². The molecule has 0 aliphatic carbocycles. The summed E-state index contributed by atoms with van der Waals surface area (Å²) in [5.41, 5.74) is 1.59. The zero-order chi connectivity index (χ0) is 17.5. The maximum atomic E-state index is 12.4. The number of hydrogen-bond acceptors (Lipinski definition) is 5. The van der Waals surface area contributed by atoms with Gasteiger partial charge in [-0.2, -0.15) is 0 Å². The molecule has 1 heterocycles. The van der Waals surface area contributed by atoms with Gasteiger partial charge in [0.25, 0.3) is 0 Å². The van der Waals surface area contributed by atoms with Crippen molar-refractivity contribution in [1.82, 2.24) is 15.1 Å². The van der Waals surface area contributed by atoms with E-state index in [1.54, 1.807) is 13.0 Å². The number of ketones is 1. The van der Waals surface area contributed by atoms with Gasteiger partial charge in [-0.1, -0.05) is 0 Å². The summed E-state index contributed by atoms with van der Waals surface area (Å²) >= 11 is 0. The predicted molar refractivity (Wildman–Crippen MR) is 101 cm³/mol. The highest BCUT2D eigenvalue weighted by atomic mass is 35.5. The summed E-state index contributed by atoms with van der Waals surface area (Å²) in [6.07, 6.45) is 0. The van der Waals surface area contributed by atoms with E-state index < -0.39 is 0 Å². The fourth-order valence-corrected chi connectivity index (χ4v) is 2.81. The summed E-state index contributed by atoms with van der Waals surface area (Å²) in [6.45, 7) is 8.19. The fourth-order valence-electron chi connectivity index (χ4n) is 2.81. The van der Waals surface area contributed by atoms with Crippen LogP contribution in [0.5, 0.6) is 5.75 Å². The molecule has 1 aliphatic heterocycles. The molecule has 0 aromatic heterocycles. The Morgan fingerprint density at radius 3 is 2.56 bits per heavy atom. The molecular weight excluding hydrogens is 342 g/mol. The molecule has 1 fully saturated rings. The van der Waals surface area contributed by atoms with Crippen LogP contribution in [0.1, 0.15) is 29.8 Å². The summed E-state index contributed by atoms with van der Waals surface area (Å²) < 4.78 is 5.65. The Hall–Kier alpha value is -1.63. The molecule has 1 aromatic rings. The van der Waals surface area contributed by atoms with Gasteiger partial charge in [-0.3, -0.25) is 14.5 Å². The second kappa shape index (κ2) is 10.4. The van der Waals surface area contributed by atoms with E-state index in [9.17, 15) is 9.59 Å². The second-order valence-electron chi connectivity index (χ2n) is 6.11. The van der Waals surface area contributed by atoms with E-state index >= 15 is 0 Å². The Kier molecular flexibility index (Phi) is 8.89. The molecule has 0 saturated carbocycles. The lowest BCUT2D eigenvalue weighted by Crippen LogP contribution is -2.49. The van der Waals surface area contributed by atoms with E-state index in [1.807, 2.05) is 35.9 Å². The summed E-state index contributed by atoms with van der Waals surface area (Å²) in [5, 5.41) is 3.25. The van der Waals surface area contributed by atoms with Crippen LogP contribution in [0, 0.1) is 0 Å². The number of nitrogens with one attached hydrogen (secondary N) is 1. The number of likely N-dealkylation sites (N-methyl/N-ethyl adjacent to an activating group) is 1. The average molecular weight is 370 g/mol. The number of carbonyl (C=O) groups is 2. The number of hydrogen-bond donors (Lipinski definition) is 1. The van der Waals surface area contributed by atoms with Crippen LogP contribution in [0.2, 0.25) is 0 Å². The molecule has 1 aliphatic rings. The van der Waals surface area contributed by atoms with Gasteiger partial charge in [0, 0.05) is 43.9 Å². The minimum Gasteiger partial charge on any atom is -0.494 e. The molecule has 2 rings (SSSR count). The monoisotopic (exact) mass is 369 g/mol. The molecule has 1 saturated heterocycles. The van der Waals surface area contributed by atoms with Gasteiger partial charge in [0.2, 0.25) is 5.91 Å². The third-order valence-electron chi connectivity index (χ3n) is 4.08. The van der Waals surface area contributed by atoms with E-state index in [4.69, 9.17) is 4.74 Å². The zero-order valence-electron chi connectivity index (χ0n) is 15.2. The number of piperazine rings is 1. The summed E-state index contributed by atoms with van der Waals surface area (Å²) in [5.74, 6) is 0.933. The normalized spacial score (nSPS) is 14.2. The molecule has 25 heavy (non-hydrogen) atoms. The molecule has 6 nitrogen and oxygen atoms in total. The molecule has 1 aromatic carbocycles. The minimum atomic E-state index is 0. The van der Waals surface area contributed by atoms with Crippen molar-refractivity contribution in [2.75, 3.05) is 46.4 Å². The van der Waals surface area contributed by atoms with Crippen molar-refractivity contribution in [3.05, 3.63) is 29.3 Å². The number of rotatable bonds is 7. The third-order valence-corrected chi connectivity index (χ3v) is 4.08. The van der Waals surface area contributed by atoms with Gasteiger partial charge < -0.3 is 15.0 Å². The molecule has 7 heteroatoms. The highest BCUT2D eigenvalue weighted by molar-refractivity contribution is 5.94. The molecule has 140 valence electrons.